The predicted molar refractivity (Wildman–Crippen MR) is 87.9 cm³/mol. The lowest BCUT2D eigenvalue weighted by molar-refractivity contribution is -0.134. The summed E-state index contributed by atoms with van der Waals surface area (Å²) in [5.74, 6) is -0.324. The molecule has 0 atom stereocenters. The summed E-state index contributed by atoms with van der Waals surface area (Å²) in [6.07, 6.45) is 6.68. The molecule has 0 unspecified atom stereocenters. The lowest BCUT2D eigenvalue weighted by Gasteiger charge is -2.35. The number of anilines is 1. The van der Waals surface area contributed by atoms with Gasteiger partial charge in [-0.3, -0.25) is 0 Å². The molecule has 0 N–H and O–H groups in total. The van der Waals surface area contributed by atoms with Crippen LogP contribution in [0.3, 0.4) is 0 Å². The number of hydrogen-bond acceptors (Lipinski definition) is 5. The van der Waals surface area contributed by atoms with Crippen LogP contribution in [0.4, 0.5) is 5.69 Å². The summed E-state index contributed by atoms with van der Waals surface area (Å²) in [6.45, 7) is 3.52. The lowest BCUT2D eigenvalue weighted by Crippen LogP contribution is -2.44. The van der Waals surface area contributed by atoms with Gasteiger partial charge in [0.25, 0.3) is 0 Å². The van der Waals surface area contributed by atoms with Crippen LogP contribution in [0.15, 0.2) is 53.5 Å². The third kappa shape index (κ3) is 3.74. The molecule has 119 valence electrons. The van der Waals surface area contributed by atoms with E-state index in [9.17, 15) is 4.79 Å². The first-order chi connectivity index (χ1) is 11.3. The predicted octanol–water partition coefficient (Wildman–Crippen LogP) is 2.56. The van der Waals surface area contributed by atoms with Gasteiger partial charge in [0.1, 0.15) is 0 Å². The number of methoxy groups -OCH3 is 1. The number of benzene rings is 1. The van der Waals surface area contributed by atoms with Gasteiger partial charge in [0.2, 0.25) is 0 Å². The van der Waals surface area contributed by atoms with Crippen molar-refractivity contribution in [2.24, 2.45) is 0 Å². The van der Waals surface area contributed by atoms with Crippen LogP contribution in [-0.2, 0) is 9.53 Å². The number of hydrogen-bond donors (Lipinski definition) is 0. The first kappa shape index (κ1) is 15.2. The monoisotopic (exact) mass is 311 g/mol. The molecule has 0 saturated carbocycles. The van der Waals surface area contributed by atoms with Crippen molar-refractivity contribution >= 4 is 11.7 Å². The molecular formula is C18H19N2O3. The van der Waals surface area contributed by atoms with E-state index in [1.165, 1.54) is 13.2 Å². The fourth-order valence-electron chi connectivity index (χ4n) is 2.60. The van der Waals surface area contributed by atoms with Crippen LogP contribution < -0.4 is 4.90 Å². The number of nitrogens with zero attached hydrogens (tertiary/aromatic N) is 2. The van der Waals surface area contributed by atoms with Crippen molar-refractivity contribution < 1.29 is 13.9 Å². The molecule has 0 amide bonds. The molecule has 5 nitrogen and oxygen atoms in total. The molecule has 23 heavy (non-hydrogen) atoms. The van der Waals surface area contributed by atoms with Gasteiger partial charge < -0.3 is 19.0 Å². The van der Waals surface area contributed by atoms with Crippen molar-refractivity contribution in [1.82, 2.24) is 4.90 Å². The van der Waals surface area contributed by atoms with E-state index < -0.39 is 0 Å². The van der Waals surface area contributed by atoms with Gasteiger partial charge in [-0.05, 0) is 35.9 Å². The van der Waals surface area contributed by atoms with Gasteiger partial charge in [0.05, 0.1) is 19.6 Å². The highest BCUT2D eigenvalue weighted by atomic mass is 16.5. The number of ether oxygens (including phenoxy) is 1. The Morgan fingerprint density at radius 2 is 2.09 bits per heavy atom. The molecule has 1 aliphatic heterocycles. The minimum Gasteiger partial charge on any atom is -0.472 e. The zero-order valence-corrected chi connectivity index (χ0v) is 13.1. The van der Waals surface area contributed by atoms with Crippen LogP contribution in [0, 0.1) is 6.07 Å². The molecule has 1 aromatic heterocycles. The normalized spacial score (nSPS) is 15.2. The van der Waals surface area contributed by atoms with E-state index in [2.05, 4.69) is 26.7 Å². The highest BCUT2D eigenvalue weighted by molar-refractivity contribution is 5.81. The minimum absolute atomic E-state index is 0.324. The Morgan fingerprint density at radius 3 is 2.78 bits per heavy atom. The molecule has 1 aromatic carbocycles. The van der Waals surface area contributed by atoms with Crippen molar-refractivity contribution in [2.75, 3.05) is 38.2 Å². The van der Waals surface area contributed by atoms with E-state index in [4.69, 9.17) is 4.42 Å². The third-order valence-electron chi connectivity index (χ3n) is 3.93. The number of furan rings is 1. The Morgan fingerprint density at radius 1 is 1.26 bits per heavy atom. The number of esters is 1. The summed E-state index contributed by atoms with van der Waals surface area (Å²) < 4.78 is 9.75. The molecule has 2 heterocycles. The summed E-state index contributed by atoms with van der Waals surface area (Å²) in [4.78, 5) is 15.6. The third-order valence-corrected chi connectivity index (χ3v) is 3.93. The van der Waals surface area contributed by atoms with Crippen molar-refractivity contribution in [3.8, 4) is 11.1 Å². The molecular weight excluding hydrogens is 292 g/mol. The fourth-order valence-corrected chi connectivity index (χ4v) is 2.60. The van der Waals surface area contributed by atoms with Crippen LogP contribution in [0.5, 0.6) is 0 Å². The van der Waals surface area contributed by atoms with E-state index in [-0.39, 0.29) is 5.97 Å². The summed E-state index contributed by atoms with van der Waals surface area (Å²) in [5, 5.41) is 0. The van der Waals surface area contributed by atoms with Crippen molar-refractivity contribution in [1.29, 1.82) is 0 Å². The van der Waals surface area contributed by atoms with Crippen LogP contribution in [-0.4, -0.2) is 44.2 Å². The Balaban J connectivity index is 1.63. The van der Waals surface area contributed by atoms with Crippen LogP contribution in [0.2, 0.25) is 0 Å². The van der Waals surface area contributed by atoms with Crippen LogP contribution in [0.1, 0.15) is 0 Å². The van der Waals surface area contributed by atoms with E-state index in [1.807, 2.05) is 18.2 Å². The lowest BCUT2D eigenvalue weighted by atomic mass is 10.1. The zero-order chi connectivity index (χ0) is 16.1. The van der Waals surface area contributed by atoms with E-state index in [1.54, 1.807) is 18.7 Å². The largest absolute Gasteiger partial charge is 0.472 e. The number of piperazine rings is 1. The Labute approximate surface area is 135 Å². The highest BCUT2D eigenvalue weighted by Crippen LogP contribution is 2.25. The zero-order valence-electron chi connectivity index (χ0n) is 13.1. The fraction of sp³-hybridized carbons (Fsp3) is 0.278. The smallest absolute Gasteiger partial charge is 0.331 e. The molecule has 1 radical (unpaired) electrons. The maximum atomic E-state index is 11.1. The average Bonchev–Trinajstić information content (AvgIpc) is 3.15. The maximum absolute atomic E-state index is 11.1. The standard InChI is InChI=1S/C18H19N2O3/c1-22-18(21)5-7-19-8-10-20(11-9-19)17-4-2-3-15(13-17)16-6-12-23-14-16/h3-7,12-14H,8-11H2,1H3. The van der Waals surface area contributed by atoms with E-state index in [0.29, 0.717) is 0 Å². The molecule has 1 fully saturated rings. The average molecular weight is 311 g/mol. The van der Waals surface area contributed by atoms with Crippen molar-refractivity contribution in [2.45, 2.75) is 0 Å². The summed E-state index contributed by atoms with van der Waals surface area (Å²) >= 11 is 0. The second kappa shape index (κ2) is 7.05. The van der Waals surface area contributed by atoms with Gasteiger partial charge in [-0.2, -0.15) is 0 Å². The van der Waals surface area contributed by atoms with Crippen molar-refractivity contribution in [3.05, 3.63) is 55.1 Å². The molecule has 0 aliphatic carbocycles. The van der Waals surface area contributed by atoms with Gasteiger partial charge in [-0.1, -0.05) is 0 Å². The minimum atomic E-state index is -0.324. The van der Waals surface area contributed by atoms with Crippen LogP contribution in [0.25, 0.3) is 11.1 Å². The molecule has 0 spiro atoms. The van der Waals surface area contributed by atoms with Crippen LogP contribution >= 0.6 is 0 Å². The summed E-state index contributed by atoms with van der Waals surface area (Å²) in [6, 6.07) is 11.3. The first-order valence-corrected chi connectivity index (χ1v) is 7.55. The van der Waals surface area contributed by atoms with Gasteiger partial charge >= 0.3 is 5.97 Å². The molecule has 2 aromatic rings. The topological polar surface area (TPSA) is 45.9 Å². The second-order valence-corrected chi connectivity index (χ2v) is 5.35. The maximum Gasteiger partial charge on any atom is 0.331 e. The van der Waals surface area contributed by atoms with Crippen molar-refractivity contribution in [3.63, 3.8) is 0 Å². The Kier molecular flexibility index (Phi) is 4.66. The molecule has 1 aliphatic rings. The van der Waals surface area contributed by atoms with Gasteiger partial charge in [0.15, 0.2) is 0 Å². The first-order valence-electron chi connectivity index (χ1n) is 7.55. The number of carbonyl (C=O) groups excluding carboxylic acids is 1. The number of carbonyl (C=O) groups is 1. The van der Waals surface area contributed by atoms with Gasteiger partial charge in [-0.25, -0.2) is 4.79 Å². The second-order valence-electron chi connectivity index (χ2n) is 5.35. The molecule has 1 saturated heterocycles. The Bertz CT molecular complexity index is 671. The van der Waals surface area contributed by atoms with Gasteiger partial charge in [-0.15, -0.1) is 0 Å². The van der Waals surface area contributed by atoms with E-state index >= 15 is 0 Å². The Hall–Kier alpha value is -2.69. The quantitative estimate of drug-likeness (QED) is 0.641. The summed E-state index contributed by atoms with van der Waals surface area (Å²) in [7, 11) is 1.38. The molecule has 3 rings (SSSR count). The number of rotatable bonds is 4. The molecule has 0 bridgehead atoms. The van der Waals surface area contributed by atoms with E-state index in [0.717, 1.165) is 43.0 Å². The highest BCUT2D eigenvalue weighted by Gasteiger charge is 2.15. The molecule has 5 heteroatoms. The summed E-state index contributed by atoms with van der Waals surface area (Å²) in [5.41, 5.74) is 3.31. The SMILES string of the molecule is COC(=O)C=CN1CCN(c2c[c]cc(-c3ccoc3)c2)CC1. The van der Waals surface area contributed by atoms with Gasteiger partial charge in [0, 0.05) is 49.7 Å².